The lowest BCUT2D eigenvalue weighted by Gasteiger charge is -2.18. The van der Waals surface area contributed by atoms with Crippen LogP contribution in [0, 0.1) is 0 Å². The van der Waals surface area contributed by atoms with E-state index < -0.39 is 23.5 Å². The molecule has 2 aromatic heterocycles. The van der Waals surface area contributed by atoms with Crippen LogP contribution in [0.1, 0.15) is 18.7 Å². The van der Waals surface area contributed by atoms with Gasteiger partial charge in [0, 0.05) is 0 Å². The van der Waals surface area contributed by atoms with Gasteiger partial charge in [0.25, 0.3) is 0 Å². The van der Waals surface area contributed by atoms with Crippen LogP contribution in [0.3, 0.4) is 0 Å². The molecular weight excluding hydrogens is 351 g/mol. The largest absolute Gasteiger partial charge is 0.392 e. The lowest BCUT2D eigenvalue weighted by molar-refractivity contribution is 0.0755. The van der Waals surface area contributed by atoms with E-state index in [2.05, 4.69) is 38.1 Å². The zero-order valence-corrected chi connectivity index (χ0v) is 14.1. The fourth-order valence-corrected chi connectivity index (χ4v) is 3.00. The van der Waals surface area contributed by atoms with Crippen LogP contribution in [-0.4, -0.2) is 53.9 Å². The molecule has 3 heterocycles. The molecule has 22 heavy (non-hydrogen) atoms. The number of aromatic amines is 1. The number of anilines is 1. The summed E-state index contributed by atoms with van der Waals surface area (Å²) in [6, 6.07) is -0.771. The fraction of sp³-hybridized carbons (Fsp3) is 0.545. The average Bonchev–Trinajstić information content (AvgIpc) is 2.94. The number of thiol groups is 1. The third-order valence-corrected chi connectivity index (χ3v) is 4.26. The number of hydrogen-bond acceptors (Lipinski definition) is 8. The Morgan fingerprint density at radius 2 is 2.00 bits per heavy atom. The van der Waals surface area contributed by atoms with Crippen molar-refractivity contribution in [3.05, 3.63) is 12.0 Å². The Kier molecular flexibility index (Phi) is 6.25. The van der Waals surface area contributed by atoms with E-state index in [1.165, 1.54) is 6.33 Å². The summed E-state index contributed by atoms with van der Waals surface area (Å²) in [5.74, 6) is 0.291. The molecule has 0 radical (unpaired) electrons. The third-order valence-electron chi connectivity index (χ3n) is 3.66. The maximum Gasteiger partial charge on any atom is 0.155 e. The Bertz CT molecular complexity index is 642. The number of halogens is 2. The first-order chi connectivity index (χ1) is 9.50. The summed E-state index contributed by atoms with van der Waals surface area (Å²) in [4.78, 5) is 8.05. The van der Waals surface area contributed by atoms with Crippen LogP contribution in [0.2, 0.25) is 0 Å². The van der Waals surface area contributed by atoms with Crippen molar-refractivity contribution in [1.82, 2.24) is 25.5 Å². The first-order valence-corrected chi connectivity index (χ1v) is 6.77. The highest BCUT2D eigenvalue weighted by atomic mass is 35.5. The summed E-state index contributed by atoms with van der Waals surface area (Å²) in [7, 11) is 0. The average molecular weight is 369 g/mol. The maximum absolute atomic E-state index is 10.1. The molecule has 0 saturated carbocycles. The van der Waals surface area contributed by atoms with Gasteiger partial charge in [-0.3, -0.25) is 10.4 Å². The van der Waals surface area contributed by atoms with E-state index in [-0.39, 0.29) is 30.9 Å². The van der Waals surface area contributed by atoms with Crippen LogP contribution >= 0.6 is 37.4 Å². The van der Waals surface area contributed by atoms with E-state index in [0.717, 1.165) is 0 Å². The summed E-state index contributed by atoms with van der Waals surface area (Å²) in [6.07, 6.45) is -0.110. The Hall–Kier alpha value is -0.840. The van der Waals surface area contributed by atoms with Crippen molar-refractivity contribution in [1.29, 1.82) is 0 Å². The van der Waals surface area contributed by atoms with Crippen molar-refractivity contribution >= 4 is 54.3 Å². The van der Waals surface area contributed by atoms with Gasteiger partial charge in [-0.05, 0) is 6.92 Å². The van der Waals surface area contributed by atoms with Crippen LogP contribution in [0.15, 0.2) is 6.33 Å². The van der Waals surface area contributed by atoms with Gasteiger partial charge in [-0.1, -0.05) is 0 Å². The molecular formula is C11H18Cl2N6O2S. The van der Waals surface area contributed by atoms with Crippen LogP contribution in [0.4, 0.5) is 5.82 Å². The van der Waals surface area contributed by atoms with Gasteiger partial charge in [0.2, 0.25) is 0 Å². The minimum absolute atomic E-state index is 0. The van der Waals surface area contributed by atoms with Gasteiger partial charge in [0.05, 0.1) is 35.2 Å². The van der Waals surface area contributed by atoms with Crippen LogP contribution in [0.5, 0.6) is 0 Å². The quantitative estimate of drug-likeness (QED) is 0.405. The molecule has 8 nitrogen and oxygen atoms in total. The Labute approximate surface area is 144 Å². The molecule has 0 aromatic carbocycles. The van der Waals surface area contributed by atoms with Crippen molar-refractivity contribution in [2.75, 3.05) is 5.73 Å². The highest BCUT2D eigenvalue weighted by molar-refractivity contribution is 7.81. The smallest absolute Gasteiger partial charge is 0.155 e. The molecule has 6 N–H and O–H groups in total. The van der Waals surface area contributed by atoms with Gasteiger partial charge >= 0.3 is 0 Å². The van der Waals surface area contributed by atoms with E-state index in [1.54, 1.807) is 6.92 Å². The van der Waals surface area contributed by atoms with Crippen LogP contribution in [0.25, 0.3) is 11.0 Å². The molecule has 1 aliphatic heterocycles. The van der Waals surface area contributed by atoms with E-state index in [0.29, 0.717) is 22.5 Å². The van der Waals surface area contributed by atoms with Crippen LogP contribution < -0.4 is 11.1 Å². The first kappa shape index (κ1) is 19.2. The number of nitrogens with two attached hydrogens (primary N) is 1. The van der Waals surface area contributed by atoms with E-state index in [1.807, 2.05) is 0 Å². The Balaban J connectivity index is 0.00000121. The number of rotatable bonds is 2. The first-order valence-electron chi connectivity index (χ1n) is 6.25. The molecule has 1 aliphatic rings. The van der Waals surface area contributed by atoms with Gasteiger partial charge in [-0.25, -0.2) is 9.97 Å². The molecule has 2 aromatic rings. The second kappa shape index (κ2) is 7.16. The zero-order chi connectivity index (χ0) is 14.4. The summed E-state index contributed by atoms with van der Waals surface area (Å²) < 4.78 is 0. The van der Waals surface area contributed by atoms with Crippen molar-refractivity contribution in [2.24, 2.45) is 0 Å². The minimum atomic E-state index is -0.777. The van der Waals surface area contributed by atoms with Gasteiger partial charge in [-0.2, -0.15) is 17.7 Å². The summed E-state index contributed by atoms with van der Waals surface area (Å²) in [6.45, 7) is 1.62. The number of aromatic nitrogens is 4. The predicted molar refractivity (Wildman–Crippen MR) is 90.7 cm³/mol. The fourth-order valence-electron chi connectivity index (χ4n) is 2.58. The van der Waals surface area contributed by atoms with Gasteiger partial charge in [0.1, 0.15) is 11.8 Å². The third kappa shape index (κ3) is 2.97. The molecule has 1 saturated heterocycles. The molecule has 0 bridgehead atoms. The molecule has 1 unspecified atom stereocenters. The summed E-state index contributed by atoms with van der Waals surface area (Å²) >= 11 is 4.43. The van der Waals surface area contributed by atoms with Gasteiger partial charge < -0.3 is 15.9 Å². The number of nitrogen functional groups attached to an aromatic ring is 1. The summed E-state index contributed by atoms with van der Waals surface area (Å²) in [5.41, 5.74) is 7.50. The SMILES string of the molecule is CC(O)[C@H]1N[C@@H](c2[nH]nc3c(N)ncnc23)[C@H](S)[C@@H]1O.Cl.Cl. The zero-order valence-electron chi connectivity index (χ0n) is 11.5. The van der Waals surface area contributed by atoms with Crippen molar-refractivity contribution in [3.8, 4) is 0 Å². The lowest BCUT2D eigenvalue weighted by atomic mass is 10.1. The molecule has 3 rings (SSSR count). The second-order valence-corrected chi connectivity index (χ2v) is 5.58. The molecule has 11 heteroatoms. The predicted octanol–water partition coefficient (Wildman–Crippen LogP) is -0.168. The van der Waals surface area contributed by atoms with E-state index >= 15 is 0 Å². The molecule has 0 amide bonds. The molecule has 0 spiro atoms. The monoisotopic (exact) mass is 368 g/mol. The van der Waals surface area contributed by atoms with Crippen molar-refractivity contribution in [2.45, 2.75) is 36.5 Å². The Morgan fingerprint density at radius 3 is 2.59 bits per heavy atom. The van der Waals surface area contributed by atoms with Crippen molar-refractivity contribution < 1.29 is 10.2 Å². The standard InChI is InChI=1S/C11H16N6O2S.2ClH/c1-3(18)4-9(19)10(20)7(15-4)6-5-8(17-16-6)11(12)14-2-13-5;;/h2-4,7,9-10,15,18-20H,1H3,(H,16,17)(H2,12,13,14);2*1H/t3?,4-,7+,9-,10+;;/m1../s1. The number of aliphatic hydroxyl groups is 2. The normalized spacial score (nSPS) is 28.9. The number of aliphatic hydroxyl groups excluding tert-OH is 2. The second-order valence-electron chi connectivity index (χ2n) is 4.99. The molecule has 5 atom stereocenters. The van der Waals surface area contributed by atoms with Gasteiger partial charge in [0.15, 0.2) is 11.3 Å². The lowest BCUT2D eigenvalue weighted by Crippen LogP contribution is -2.41. The molecule has 1 fully saturated rings. The highest BCUT2D eigenvalue weighted by Crippen LogP contribution is 2.34. The van der Waals surface area contributed by atoms with E-state index in [4.69, 9.17) is 5.73 Å². The van der Waals surface area contributed by atoms with Crippen molar-refractivity contribution in [3.63, 3.8) is 0 Å². The molecule has 0 aliphatic carbocycles. The minimum Gasteiger partial charge on any atom is -0.392 e. The molecule has 124 valence electrons. The Morgan fingerprint density at radius 1 is 1.32 bits per heavy atom. The number of H-pyrrole nitrogens is 1. The number of nitrogens with one attached hydrogen (secondary N) is 2. The number of hydrogen-bond donors (Lipinski definition) is 6. The van der Waals surface area contributed by atoms with E-state index in [9.17, 15) is 10.2 Å². The number of fused-ring (bicyclic) bond motifs is 1. The maximum atomic E-state index is 10.1. The topological polar surface area (TPSA) is 133 Å². The summed E-state index contributed by atoms with van der Waals surface area (Å²) in [5, 5.41) is 29.5. The van der Waals surface area contributed by atoms with Gasteiger partial charge in [-0.15, -0.1) is 24.8 Å². The number of nitrogens with zero attached hydrogens (tertiary/aromatic N) is 3. The highest BCUT2D eigenvalue weighted by Gasteiger charge is 2.44. The van der Waals surface area contributed by atoms with Crippen LogP contribution in [-0.2, 0) is 0 Å².